The van der Waals surface area contributed by atoms with E-state index >= 15 is 0 Å². The van der Waals surface area contributed by atoms with Crippen LogP contribution in [0.1, 0.15) is 45.1 Å². The number of H-pyrrole nitrogens is 1. The average Bonchev–Trinajstić information content (AvgIpc) is 3.37. The summed E-state index contributed by atoms with van der Waals surface area (Å²) in [5.41, 5.74) is 1.54. The molecule has 14 nitrogen and oxygen atoms in total. The number of carboxylic acid groups (broad SMARTS) is 1. The van der Waals surface area contributed by atoms with Gasteiger partial charge >= 0.3 is 5.97 Å². The van der Waals surface area contributed by atoms with E-state index in [-0.39, 0.29) is 12.3 Å². The molecule has 2 aromatic rings. The van der Waals surface area contributed by atoms with E-state index in [1.807, 2.05) is 24.3 Å². The van der Waals surface area contributed by atoms with E-state index < -0.39 is 72.6 Å². The molecule has 0 spiro atoms. The number of rotatable bonds is 10. The molecule has 0 aliphatic carbocycles. The van der Waals surface area contributed by atoms with Crippen molar-refractivity contribution in [3.8, 4) is 0 Å². The maximum Gasteiger partial charge on any atom is 0.305 e. The summed E-state index contributed by atoms with van der Waals surface area (Å²) >= 11 is 0. The molecule has 6 N–H and O–H groups in total. The molecular weight excluding hydrogens is 594 g/mol. The first kappa shape index (κ1) is 36.0. The fourth-order valence-electron chi connectivity index (χ4n) is 5.68. The second kappa shape index (κ2) is 15.7. The highest BCUT2D eigenvalue weighted by Gasteiger charge is 2.37. The molecule has 2 unspecified atom stereocenters. The smallest absolute Gasteiger partial charge is 0.305 e. The summed E-state index contributed by atoms with van der Waals surface area (Å²) in [5, 5.41) is 20.6. The number of carboxylic acids is 1. The topological polar surface area (TPSA) is 190 Å². The van der Waals surface area contributed by atoms with Crippen molar-refractivity contribution < 1.29 is 38.4 Å². The summed E-state index contributed by atoms with van der Waals surface area (Å²) < 4.78 is 0.732. The predicted molar refractivity (Wildman–Crippen MR) is 171 cm³/mol. The Labute approximate surface area is 269 Å². The molecule has 1 aliphatic heterocycles. The van der Waals surface area contributed by atoms with Gasteiger partial charge in [-0.1, -0.05) is 32.0 Å². The first-order chi connectivity index (χ1) is 21.6. The number of carbonyl (C=O) groups is 6. The van der Waals surface area contributed by atoms with Gasteiger partial charge in [0.15, 0.2) is 0 Å². The number of para-hydroxylation sites is 1. The van der Waals surface area contributed by atoms with Crippen LogP contribution in [0.4, 0.5) is 0 Å². The van der Waals surface area contributed by atoms with Crippen LogP contribution in [0.25, 0.3) is 10.9 Å². The van der Waals surface area contributed by atoms with Gasteiger partial charge in [0, 0.05) is 30.6 Å². The van der Waals surface area contributed by atoms with Gasteiger partial charge in [-0.3, -0.25) is 28.8 Å². The number of quaternary nitrogens is 1. The van der Waals surface area contributed by atoms with Gasteiger partial charge in [0.1, 0.15) is 24.2 Å². The highest BCUT2D eigenvalue weighted by molar-refractivity contribution is 5.98. The monoisotopic (exact) mass is 642 g/mol. The molecule has 5 amide bonds. The molecule has 1 aliphatic rings. The first-order valence-electron chi connectivity index (χ1n) is 15.6. The molecule has 14 heteroatoms. The van der Waals surface area contributed by atoms with Crippen LogP contribution in [0.5, 0.6) is 0 Å². The van der Waals surface area contributed by atoms with E-state index in [0.29, 0.717) is 18.4 Å². The van der Waals surface area contributed by atoms with Crippen molar-refractivity contribution in [3.05, 3.63) is 36.0 Å². The van der Waals surface area contributed by atoms with Crippen LogP contribution in [-0.4, -0.2) is 120 Å². The van der Waals surface area contributed by atoms with Gasteiger partial charge in [-0.05, 0) is 36.8 Å². The summed E-state index contributed by atoms with van der Waals surface area (Å²) in [7, 11) is 7.63. The van der Waals surface area contributed by atoms with Gasteiger partial charge in [-0.15, -0.1) is 0 Å². The molecule has 46 heavy (non-hydrogen) atoms. The lowest BCUT2D eigenvalue weighted by Crippen LogP contribution is -2.59. The number of nitrogens with one attached hydrogen (secondary N) is 5. The van der Waals surface area contributed by atoms with Crippen LogP contribution < -0.4 is 21.3 Å². The average molecular weight is 643 g/mol. The Morgan fingerprint density at radius 3 is 2.26 bits per heavy atom. The van der Waals surface area contributed by atoms with Gasteiger partial charge in [-0.25, -0.2) is 0 Å². The first-order valence-corrected chi connectivity index (χ1v) is 15.6. The van der Waals surface area contributed by atoms with Gasteiger partial charge < -0.3 is 40.7 Å². The Hall–Kier alpha value is -4.46. The van der Waals surface area contributed by atoms with Gasteiger partial charge in [0.2, 0.25) is 29.5 Å². The molecule has 0 bridgehead atoms. The van der Waals surface area contributed by atoms with E-state index in [4.69, 9.17) is 0 Å². The largest absolute Gasteiger partial charge is 0.481 e. The number of likely N-dealkylation sites (N-methyl/N-ethyl adjacent to an activating group) is 1. The Morgan fingerprint density at radius 2 is 1.61 bits per heavy atom. The number of aliphatic carboxylic acids is 1. The number of carbonyl (C=O) groups excluding carboxylic acids is 5. The normalized spacial score (nSPS) is 22.5. The highest BCUT2D eigenvalue weighted by atomic mass is 16.4. The number of amides is 5. The van der Waals surface area contributed by atoms with Crippen molar-refractivity contribution in [2.45, 2.75) is 70.1 Å². The van der Waals surface area contributed by atoms with Crippen molar-refractivity contribution in [1.82, 2.24) is 31.2 Å². The molecule has 1 aromatic carbocycles. The molecule has 3 rings (SSSR count). The fraction of sp³-hybridized carbons (Fsp3) is 0.562. The van der Waals surface area contributed by atoms with E-state index in [9.17, 15) is 33.9 Å². The zero-order chi connectivity index (χ0) is 34.2. The number of fused-ring (bicyclic) bond motifs is 1. The summed E-state index contributed by atoms with van der Waals surface area (Å²) in [5.74, 6) is -5.14. The maximum atomic E-state index is 14.1. The van der Waals surface area contributed by atoms with Crippen molar-refractivity contribution in [3.63, 3.8) is 0 Å². The minimum absolute atomic E-state index is 0.0219. The maximum absolute atomic E-state index is 14.1. The zero-order valence-electron chi connectivity index (χ0n) is 27.5. The van der Waals surface area contributed by atoms with Crippen LogP contribution in [-0.2, 0) is 35.2 Å². The summed E-state index contributed by atoms with van der Waals surface area (Å²) in [6.45, 7) is 3.85. The van der Waals surface area contributed by atoms with Crippen LogP contribution >= 0.6 is 0 Å². The summed E-state index contributed by atoms with van der Waals surface area (Å²) in [4.78, 5) is 83.5. The molecule has 252 valence electrons. The number of aromatic amines is 1. The van der Waals surface area contributed by atoms with Crippen molar-refractivity contribution in [2.24, 2.45) is 5.92 Å². The molecule has 0 radical (unpaired) electrons. The van der Waals surface area contributed by atoms with Crippen LogP contribution in [0.3, 0.4) is 0 Å². The third-order valence-electron chi connectivity index (χ3n) is 8.04. The Kier molecular flexibility index (Phi) is 12.3. The lowest BCUT2D eigenvalue weighted by atomic mass is 9.98. The minimum atomic E-state index is -1.53. The standard InChI is InChI=1S/C32H47N7O7/c1-19(2)28-31(45)36-23(13-9-10-14-39(4,5)6)29(43)34-18-26(40)35-24(16-27(41)42)30(44)37-25(32(46)38(28)3)15-20-17-33-22-12-8-7-11-21(20)22/h7-8,11-12,17,19,23-25,28,33H,9-10,13-16,18H2,1-6H3,(H4-,34,35,36,37,40,41,42,43,44,45)/p+1/t23?,24-,25+,28?/m0/s1. The molecule has 1 saturated heterocycles. The van der Waals surface area contributed by atoms with Gasteiger partial charge in [0.05, 0.1) is 40.7 Å². The zero-order valence-corrected chi connectivity index (χ0v) is 27.5. The Balaban J connectivity index is 2.00. The lowest BCUT2D eigenvalue weighted by Gasteiger charge is -2.34. The number of aromatic nitrogens is 1. The number of hydrogen-bond donors (Lipinski definition) is 6. The van der Waals surface area contributed by atoms with E-state index in [1.54, 1.807) is 20.0 Å². The fourth-order valence-corrected chi connectivity index (χ4v) is 5.68. The second-order valence-electron chi connectivity index (χ2n) is 13.3. The van der Waals surface area contributed by atoms with E-state index in [1.165, 1.54) is 11.9 Å². The number of unbranched alkanes of at least 4 members (excludes halogenated alkanes) is 1. The predicted octanol–water partition coefficient (Wildman–Crippen LogP) is 0.129. The van der Waals surface area contributed by atoms with Crippen LogP contribution in [0.2, 0.25) is 0 Å². The van der Waals surface area contributed by atoms with Crippen LogP contribution in [0.15, 0.2) is 30.5 Å². The van der Waals surface area contributed by atoms with Gasteiger partial charge in [-0.2, -0.15) is 0 Å². The highest BCUT2D eigenvalue weighted by Crippen LogP contribution is 2.21. The van der Waals surface area contributed by atoms with Crippen molar-refractivity contribution in [1.29, 1.82) is 0 Å². The Morgan fingerprint density at radius 1 is 0.935 bits per heavy atom. The van der Waals surface area contributed by atoms with Crippen molar-refractivity contribution >= 4 is 46.4 Å². The molecule has 2 heterocycles. The summed E-state index contributed by atoms with van der Waals surface area (Å²) in [6.07, 6.45) is 2.70. The minimum Gasteiger partial charge on any atom is -0.481 e. The van der Waals surface area contributed by atoms with Crippen LogP contribution in [0, 0.1) is 5.92 Å². The Bertz CT molecular complexity index is 1430. The molecule has 4 atom stereocenters. The van der Waals surface area contributed by atoms with E-state index in [2.05, 4.69) is 47.4 Å². The number of nitrogens with zero attached hydrogens (tertiary/aromatic N) is 2. The quantitative estimate of drug-likeness (QED) is 0.157. The SMILES string of the molecule is CC(C)C1C(=O)NC(CCCC[N+](C)(C)C)C(=O)NCC(=O)N[C@@H](CC(=O)O)C(=O)N[C@H](Cc2c[nH]c3ccccc23)C(=O)N1C. The number of benzene rings is 1. The van der Waals surface area contributed by atoms with Gasteiger partial charge in [0.25, 0.3) is 0 Å². The molecule has 1 aromatic heterocycles. The van der Waals surface area contributed by atoms with E-state index in [0.717, 1.165) is 28.4 Å². The number of hydrogen-bond acceptors (Lipinski definition) is 6. The molecule has 1 fully saturated rings. The lowest BCUT2D eigenvalue weighted by molar-refractivity contribution is -0.870. The van der Waals surface area contributed by atoms with Crippen molar-refractivity contribution in [2.75, 3.05) is 41.3 Å². The second-order valence-corrected chi connectivity index (χ2v) is 13.3. The third kappa shape index (κ3) is 10.0. The molecule has 0 saturated carbocycles. The molecular formula is C32H48N7O7+. The third-order valence-corrected chi connectivity index (χ3v) is 8.04. The summed E-state index contributed by atoms with van der Waals surface area (Å²) in [6, 6.07) is 2.70.